The standard InChI is InChI=1S/C18H20O6P/c1-2-24-25(23)16-6-4-3-5-15(16)18(22)17-13(10-20)7-12(9-19)8-14(17)11-21/h3-8,19-21H,2,9-11H2,1H3/q+1. The predicted molar refractivity (Wildman–Crippen MR) is 93.0 cm³/mol. The Morgan fingerprint density at radius 3 is 2.16 bits per heavy atom. The fourth-order valence-corrected chi connectivity index (χ4v) is 3.57. The molecule has 3 N–H and O–H groups in total. The van der Waals surface area contributed by atoms with E-state index in [4.69, 9.17) is 4.52 Å². The van der Waals surface area contributed by atoms with Gasteiger partial charge in [-0.25, -0.2) is 0 Å². The minimum atomic E-state index is -2.19. The van der Waals surface area contributed by atoms with Crippen molar-refractivity contribution < 1.29 is 29.2 Å². The lowest BCUT2D eigenvalue weighted by Crippen LogP contribution is -2.18. The first-order valence-corrected chi connectivity index (χ1v) is 8.96. The van der Waals surface area contributed by atoms with Gasteiger partial charge in [0.25, 0.3) is 0 Å². The molecule has 0 amide bonds. The van der Waals surface area contributed by atoms with Crippen molar-refractivity contribution in [2.75, 3.05) is 6.61 Å². The number of carbonyl (C=O) groups is 1. The Labute approximate surface area is 146 Å². The molecule has 1 unspecified atom stereocenters. The van der Waals surface area contributed by atoms with E-state index in [1.807, 2.05) is 0 Å². The van der Waals surface area contributed by atoms with E-state index in [1.165, 1.54) is 18.2 Å². The Balaban J connectivity index is 2.61. The Morgan fingerprint density at radius 2 is 1.64 bits per heavy atom. The first kappa shape index (κ1) is 19.4. The summed E-state index contributed by atoms with van der Waals surface area (Å²) in [6.07, 6.45) is 0. The lowest BCUT2D eigenvalue weighted by Gasteiger charge is -2.13. The molecule has 2 aromatic rings. The Morgan fingerprint density at radius 1 is 1.04 bits per heavy atom. The van der Waals surface area contributed by atoms with Crippen molar-refractivity contribution in [2.24, 2.45) is 0 Å². The molecule has 0 spiro atoms. The van der Waals surface area contributed by atoms with Crippen molar-refractivity contribution in [1.29, 1.82) is 0 Å². The summed E-state index contributed by atoms with van der Waals surface area (Å²) in [7, 11) is -2.19. The van der Waals surface area contributed by atoms with Crippen LogP contribution in [0.4, 0.5) is 0 Å². The Hall–Kier alpha value is -1.95. The molecule has 0 fully saturated rings. The van der Waals surface area contributed by atoms with E-state index in [2.05, 4.69) is 0 Å². The smallest absolute Gasteiger partial charge is 0.392 e. The number of aliphatic hydroxyl groups excluding tert-OH is 3. The zero-order chi connectivity index (χ0) is 18.4. The summed E-state index contributed by atoms with van der Waals surface area (Å²) in [5.41, 5.74) is 1.41. The third kappa shape index (κ3) is 4.18. The van der Waals surface area contributed by atoms with Gasteiger partial charge in [0, 0.05) is 5.56 Å². The van der Waals surface area contributed by atoms with Crippen LogP contribution in [0.5, 0.6) is 0 Å². The van der Waals surface area contributed by atoms with Crippen molar-refractivity contribution in [1.82, 2.24) is 0 Å². The molecule has 1 atom stereocenters. The molecule has 0 aliphatic carbocycles. The zero-order valence-electron chi connectivity index (χ0n) is 13.8. The molecule has 7 heteroatoms. The predicted octanol–water partition coefficient (Wildman–Crippen LogP) is 1.80. The van der Waals surface area contributed by atoms with Gasteiger partial charge in [0.15, 0.2) is 5.78 Å². The van der Waals surface area contributed by atoms with Crippen LogP contribution in [0.25, 0.3) is 0 Å². The molecule has 0 bridgehead atoms. The van der Waals surface area contributed by atoms with Crippen LogP contribution in [0.15, 0.2) is 36.4 Å². The van der Waals surface area contributed by atoms with Crippen LogP contribution in [0.1, 0.15) is 39.5 Å². The van der Waals surface area contributed by atoms with Crippen molar-refractivity contribution in [3.63, 3.8) is 0 Å². The van der Waals surface area contributed by atoms with Crippen LogP contribution in [-0.4, -0.2) is 27.7 Å². The average molecular weight is 363 g/mol. The highest BCUT2D eigenvalue weighted by molar-refractivity contribution is 7.48. The monoisotopic (exact) mass is 363 g/mol. The third-order valence-electron chi connectivity index (χ3n) is 3.70. The van der Waals surface area contributed by atoms with Crippen LogP contribution < -0.4 is 5.30 Å². The van der Waals surface area contributed by atoms with Gasteiger partial charge in [0.1, 0.15) is 6.61 Å². The molecule has 0 aromatic heterocycles. The summed E-state index contributed by atoms with van der Waals surface area (Å²) in [6, 6.07) is 9.42. The highest BCUT2D eigenvalue weighted by Gasteiger charge is 2.30. The summed E-state index contributed by atoms with van der Waals surface area (Å²) in [5, 5.41) is 28.8. The fourth-order valence-electron chi connectivity index (χ4n) is 2.62. The van der Waals surface area contributed by atoms with E-state index >= 15 is 0 Å². The van der Waals surface area contributed by atoms with Crippen molar-refractivity contribution in [3.8, 4) is 0 Å². The molecule has 0 aliphatic heterocycles. The number of hydrogen-bond acceptors (Lipinski definition) is 6. The van der Waals surface area contributed by atoms with Crippen LogP contribution in [0.3, 0.4) is 0 Å². The Kier molecular flexibility index (Phi) is 6.93. The van der Waals surface area contributed by atoms with Gasteiger partial charge < -0.3 is 15.3 Å². The maximum atomic E-state index is 13.1. The van der Waals surface area contributed by atoms with Crippen molar-refractivity contribution >= 4 is 19.1 Å². The number of carbonyl (C=O) groups excluding carboxylic acids is 1. The molecule has 0 saturated heterocycles. The van der Waals surface area contributed by atoms with E-state index in [0.717, 1.165) is 0 Å². The third-order valence-corrected chi connectivity index (χ3v) is 4.98. The molecule has 132 valence electrons. The number of ketones is 1. The lowest BCUT2D eigenvalue weighted by atomic mass is 9.92. The summed E-state index contributed by atoms with van der Waals surface area (Å²) in [4.78, 5) is 13.1. The zero-order valence-corrected chi connectivity index (χ0v) is 14.7. The molecule has 0 saturated carbocycles. The van der Waals surface area contributed by atoms with Crippen LogP contribution in [0.2, 0.25) is 0 Å². The molecule has 0 aliphatic rings. The second-order valence-electron chi connectivity index (χ2n) is 5.28. The summed E-state index contributed by atoms with van der Waals surface area (Å²) >= 11 is 0. The molecule has 6 nitrogen and oxygen atoms in total. The molecule has 0 heterocycles. The van der Waals surface area contributed by atoms with E-state index in [-0.39, 0.29) is 29.6 Å². The van der Waals surface area contributed by atoms with Gasteiger partial charge in [0.2, 0.25) is 5.30 Å². The first-order valence-electron chi connectivity index (χ1n) is 7.78. The quantitative estimate of drug-likeness (QED) is 0.488. The SMILES string of the molecule is CCO[P+](=O)c1ccccc1C(=O)c1c(CO)cc(CO)cc1CO. The van der Waals surface area contributed by atoms with Gasteiger partial charge in [-0.3, -0.25) is 4.79 Å². The molecule has 25 heavy (non-hydrogen) atoms. The second kappa shape index (κ2) is 8.94. The summed E-state index contributed by atoms with van der Waals surface area (Å²) in [5.74, 6) is -0.462. The molecular weight excluding hydrogens is 343 g/mol. The second-order valence-corrected chi connectivity index (χ2v) is 6.54. The van der Waals surface area contributed by atoms with Crippen molar-refractivity contribution in [3.05, 3.63) is 64.2 Å². The number of hydrogen-bond donors (Lipinski definition) is 3. The summed E-state index contributed by atoms with van der Waals surface area (Å²) < 4.78 is 17.4. The van der Waals surface area contributed by atoms with Gasteiger partial charge in [-0.2, -0.15) is 0 Å². The van der Waals surface area contributed by atoms with Gasteiger partial charge in [-0.15, -0.1) is 4.52 Å². The van der Waals surface area contributed by atoms with E-state index < -0.39 is 27.0 Å². The van der Waals surface area contributed by atoms with Crippen molar-refractivity contribution in [2.45, 2.75) is 26.7 Å². The number of rotatable bonds is 8. The minimum Gasteiger partial charge on any atom is -0.392 e. The van der Waals surface area contributed by atoms with Gasteiger partial charge >= 0.3 is 8.03 Å². The number of aliphatic hydroxyl groups is 3. The topological polar surface area (TPSA) is 104 Å². The van der Waals surface area contributed by atoms with E-state index in [0.29, 0.717) is 16.7 Å². The fraction of sp³-hybridized carbons (Fsp3) is 0.278. The average Bonchev–Trinajstić information content (AvgIpc) is 2.66. The maximum Gasteiger partial charge on any atom is 0.549 e. The normalized spacial score (nSPS) is 11.4. The lowest BCUT2D eigenvalue weighted by molar-refractivity contribution is 0.103. The molecule has 0 radical (unpaired) electrons. The van der Waals surface area contributed by atoms with Crippen LogP contribution in [-0.2, 0) is 28.9 Å². The van der Waals surface area contributed by atoms with E-state index in [1.54, 1.807) is 25.1 Å². The highest BCUT2D eigenvalue weighted by Crippen LogP contribution is 2.27. The van der Waals surface area contributed by atoms with Crippen LogP contribution in [0, 0.1) is 0 Å². The number of benzene rings is 2. The summed E-state index contributed by atoms with van der Waals surface area (Å²) in [6.45, 7) is 0.816. The van der Waals surface area contributed by atoms with E-state index in [9.17, 15) is 24.7 Å². The van der Waals surface area contributed by atoms with Gasteiger partial charge in [-0.1, -0.05) is 24.3 Å². The first-order chi connectivity index (χ1) is 12.1. The highest BCUT2D eigenvalue weighted by atomic mass is 31.1. The minimum absolute atomic E-state index is 0.148. The van der Waals surface area contributed by atoms with Gasteiger partial charge in [0.05, 0.1) is 25.4 Å². The van der Waals surface area contributed by atoms with Crippen LogP contribution >= 0.6 is 8.03 Å². The molecule has 2 aromatic carbocycles. The molecular formula is C18H20O6P+. The Bertz CT molecular complexity index is 762. The molecule has 2 rings (SSSR count). The largest absolute Gasteiger partial charge is 0.549 e. The maximum absolute atomic E-state index is 13.1. The van der Waals surface area contributed by atoms with Gasteiger partial charge in [-0.05, 0) is 40.3 Å².